The number of hydrogen-bond acceptors (Lipinski definition) is 2. The average molecular weight is 285 g/mol. The summed E-state index contributed by atoms with van der Waals surface area (Å²) in [4.78, 5) is 11.4. The summed E-state index contributed by atoms with van der Waals surface area (Å²) >= 11 is 5.95. The normalized spacial score (nSPS) is 10.3. The average Bonchev–Trinajstić information content (AvgIpc) is 2.38. The van der Waals surface area contributed by atoms with Crippen molar-refractivity contribution in [2.24, 2.45) is 5.92 Å². The highest BCUT2D eigenvalue weighted by atomic mass is 35.5. The fraction of sp³-hybridized carbons (Fsp3) is 0.500. The van der Waals surface area contributed by atoms with Crippen molar-refractivity contribution in [2.75, 3.05) is 19.7 Å². The Balaban J connectivity index is 2.08. The molecule has 0 aromatic heterocycles. The number of benzene rings is 1. The van der Waals surface area contributed by atoms with Crippen molar-refractivity contribution in [3.63, 3.8) is 0 Å². The molecule has 0 radical (unpaired) electrons. The monoisotopic (exact) mass is 284 g/mol. The molecule has 0 saturated heterocycles. The van der Waals surface area contributed by atoms with Crippen LogP contribution in [0.4, 0.5) is 4.79 Å². The lowest BCUT2D eigenvalue weighted by Gasteiger charge is -2.10. The fourth-order valence-electron chi connectivity index (χ4n) is 1.38. The molecule has 4 nitrogen and oxygen atoms in total. The van der Waals surface area contributed by atoms with Gasteiger partial charge in [-0.2, -0.15) is 0 Å². The maximum atomic E-state index is 11.4. The molecule has 0 heterocycles. The van der Waals surface area contributed by atoms with Gasteiger partial charge in [-0.05, 0) is 24.5 Å². The molecule has 0 saturated carbocycles. The van der Waals surface area contributed by atoms with Crippen LogP contribution in [0.5, 0.6) is 5.75 Å². The molecule has 0 aliphatic rings. The number of carbonyl (C=O) groups is 1. The number of carbonyl (C=O) groups excluding carboxylic acids is 1. The lowest BCUT2D eigenvalue weighted by atomic mass is 10.2. The van der Waals surface area contributed by atoms with E-state index in [1.54, 1.807) is 6.07 Å². The molecular formula is C14H21ClN2O2. The third-order valence-corrected chi connectivity index (χ3v) is 2.68. The van der Waals surface area contributed by atoms with E-state index in [1.165, 1.54) is 0 Å². The number of para-hydroxylation sites is 1. The van der Waals surface area contributed by atoms with E-state index in [0.717, 1.165) is 6.42 Å². The summed E-state index contributed by atoms with van der Waals surface area (Å²) in [5, 5.41) is 6.17. The van der Waals surface area contributed by atoms with Gasteiger partial charge in [0.05, 0.1) is 11.6 Å². The van der Waals surface area contributed by atoms with Gasteiger partial charge in [0.1, 0.15) is 5.75 Å². The quantitative estimate of drug-likeness (QED) is 0.756. The number of urea groups is 1. The molecule has 0 spiro atoms. The molecule has 2 amide bonds. The van der Waals surface area contributed by atoms with Crippen LogP contribution in [0.15, 0.2) is 24.3 Å². The molecular weight excluding hydrogens is 264 g/mol. The summed E-state index contributed by atoms with van der Waals surface area (Å²) in [5.74, 6) is 1.13. The van der Waals surface area contributed by atoms with Crippen LogP contribution in [0.1, 0.15) is 20.3 Å². The molecule has 0 aliphatic heterocycles. The summed E-state index contributed by atoms with van der Waals surface area (Å²) in [5.41, 5.74) is 0. The minimum atomic E-state index is -0.133. The predicted molar refractivity (Wildman–Crippen MR) is 77.8 cm³/mol. The number of rotatable bonds is 7. The van der Waals surface area contributed by atoms with Crippen LogP contribution in [-0.2, 0) is 0 Å². The summed E-state index contributed by atoms with van der Waals surface area (Å²) in [6.07, 6.45) is 0.736. The molecule has 19 heavy (non-hydrogen) atoms. The van der Waals surface area contributed by atoms with Crippen molar-refractivity contribution < 1.29 is 9.53 Å². The number of halogens is 1. The highest BCUT2D eigenvalue weighted by Gasteiger charge is 2.01. The third-order valence-electron chi connectivity index (χ3n) is 2.37. The van der Waals surface area contributed by atoms with Crippen LogP contribution < -0.4 is 15.4 Å². The molecule has 2 N–H and O–H groups in total. The summed E-state index contributed by atoms with van der Waals surface area (Å²) in [6, 6.07) is 7.21. The van der Waals surface area contributed by atoms with Crippen LogP contribution in [0.2, 0.25) is 5.02 Å². The molecule has 5 heteroatoms. The van der Waals surface area contributed by atoms with E-state index in [1.807, 2.05) is 18.2 Å². The predicted octanol–water partition coefficient (Wildman–Crippen LogP) is 3.06. The van der Waals surface area contributed by atoms with Crippen molar-refractivity contribution in [1.82, 2.24) is 10.6 Å². The minimum Gasteiger partial charge on any atom is -0.492 e. The number of amides is 2. The van der Waals surface area contributed by atoms with Crippen LogP contribution in [0, 0.1) is 5.92 Å². The summed E-state index contributed by atoms with van der Waals surface area (Å²) < 4.78 is 5.51. The molecule has 0 bridgehead atoms. The third kappa shape index (κ3) is 6.91. The maximum absolute atomic E-state index is 11.4. The smallest absolute Gasteiger partial charge is 0.314 e. The van der Waals surface area contributed by atoms with Gasteiger partial charge in [0.15, 0.2) is 0 Å². The summed E-state index contributed by atoms with van der Waals surface area (Å²) in [6.45, 7) is 5.89. The van der Waals surface area contributed by atoms with Gasteiger partial charge in [0.25, 0.3) is 0 Å². The van der Waals surface area contributed by atoms with Crippen molar-refractivity contribution in [1.29, 1.82) is 0 Å². The lowest BCUT2D eigenvalue weighted by molar-refractivity contribution is 0.238. The second-order valence-corrected chi connectivity index (χ2v) is 5.07. The van der Waals surface area contributed by atoms with Gasteiger partial charge < -0.3 is 15.4 Å². The van der Waals surface area contributed by atoms with E-state index in [0.29, 0.717) is 36.4 Å². The van der Waals surface area contributed by atoms with Gasteiger partial charge in [0, 0.05) is 13.1 Å². The van der Waals surface area contributed by atoms with E-state index in [9.17, 15) is 4.79 Å². The Kier molecular flexibility index (Phi) is 7.11. The van der Waals surface area contributed by atoms with E-state index >= 15 is 0 Å². The van der Waals surface area contributed by atoms with Crippen molar-refractivity contribution in [2.45, 2.75) is 20.3 Å². The Morgan fingerprint density at radius 2 is 2.05 bits per heavy atom. The van der Waals surface area contributed by atoms with Gasteiger partial charge in [-0.1, -0.05) is 37.6 Å². The van der Waals surface area contributed by atoms with E-state index in [-0.39, 0.29) is 6.03 Å². The zero-order valence-electron chi connectivity index (χ0n) is 11.4. The van der Waals surface area contributed by atoms with E-state index < -0.39 is 0 Å². The Morgan fingerprint density at radius 1 is 1.32 bits per heavy atom. The van der Waals surface area contributed by atoms with E-state index in [2.05, 4.69) is 24.5 Å². The largest absolute Gasteiger partial charge is 0.492 e. The Bertz CT molecular complexity index is 397. The lowest BCUT2D eigenvalue weighted by Crippen LogP contribution is -2.38. The Morgan fingerprint density at radius 3 is 2.74 bits per heavy atom. The molecule has 1 aromatic rings. The first-order valence-corrected chi connectivity index (χ1v) is 6.86. The fourth-order valence-corrected chi connectivity index (χ4v) is 1.57. The SMILES string of the molecule is CC(C)CNC(=O)NCCCOc1ccccc1Cl. The second kappa shape index (κ2) is 8.64. The first-order chi connectivity index (χ1) is 9.09. The maximum Gasteiger partial charge on any atom is 0.314 e. The van der Waals surface area contributed by atoms with Crippen LogP contribution in [0.25, 0.3) is 0 Å². The van der Waals surface area contributed by atoms with Crippen molar-refractivity contribution in [3.8, 4) is 5.75 Å². The highest BCUT2D eigenvalue weighted by molar-refractivity contribution is 6.32. The van der Waals surface area contributed by atoms with Crippen molar-refractivity contribution >= 4 is 17.6 Å². The first kappa shape index (κ1) is 15.6. The van der Waals surface area contributed by atoms with Gasteiger partial charge in [-0.15, -0.1) is 0 Å². The molecule has 0 unspecified atom stereocenters. The van der Waals surface area contributed by atoms with Crippen LogP contribution in [-0.4, -0.2) is 25.7 Å². The molecule has 1 rings (SSSR count). The van der Waals surface area contributed by atoms with Crippen LogP contribution >= 0.6 is 11.6 Å². The topological polar surface area (TPSA) is 50.4 Å². The molecule has 0 aliphatic carbocycles. The van der Waals surface area contributed by atoms with Gasteiger partial charge >= 0.3 is 6.03 Å². The Labute approximate surface area is 119 Å². The highest BCUT2D eigenvalue weighted by Crippen LogP contribution is 2.22. The number of ether oxygens (including phenoxy) is 1. The van der Waals surface area contributed by atoms with Crippen molar-refractivity contribution in [3.05, 3.63) is 29.3 Å². The first-order valence-electron chi connectivity index (χ1n) is 6.48. The molecule has 0 fully saturated rings. The Hall–Kier alpha value is -1.42. The molecule has 1 aromatic carbocycles. The van der Waals surface area contributed by atoms with E-state index in [4.69, 9.17) is 16.3 Å². The number of hydrogen-bond donors (Lipinski definition) is 2. The standard InChI is InChI=1S/C14H21ClN2O2/c1-11(2)10-17-14(18)16-8-5-9-19-13-7-4-3-6-12(13)15/h3-4,6-7,11H,5,8-10H2,1-2H3,(H2,16,17,18). The van der Waals surface area contributed by atoms with Gasteiger partial charge in [-0.3, -0.25) is 0 Å². The summed E-state index contributed by atoms with van der Waals surface area (Å²) in [7, 11) is 0. The number of nitrogens with one attached hydrogen (secondary N) is 2. The zero-order valence-corrected chi connectivity index (χ0v) is 12.2. The van der Waals surface area contributed by atoms with Gasteiger partial charge in [0.2, 0.25) is 0 Å². The zero-order chi connectivity index (χ0) is 14.1. The van der Waals surface area contributed by atoms with Gasteiger partial charge in [-0.25, -0.2) is 4.79 Å². The van der Waals surface area contributed by atoms with Crippen LogP contribution in [0.3, 0.4) is 0 Å². The molecule has 0 atom stereocenters. The minimum absolute atomic E-state index is 0.133. The molecule has 106 valence electrons. The second-order valence-electron chi connectivity index (χ2n) is 4.66.